The molecular weight excluding hydrogens is 384 g/mol. The molecule has 0 aromatic heterocycles. The molecule has 1 aromatic carbocycles. The summed E-state index contributed by atoms with van der Waals surface area (Å²) in [6, 6.07) is 8.42. The number of hydrogen-bond donors (Lipinski definition) is 3. The van der Waals surface area contributed by atoms with E-state index in [4.69, 9.17) is 5.73 Å². The molecule has 0 radical (unpaired) electrons. The van der Waals surface area contributed by atoms with Crippen LogP contribution < -0.4 is 16.4 Å². The van der Waals surface area contributed by atoms with Crippen LogP contribution in [0.25, 0.3) is 6.08 Å². The highest BCUT2D eigenvalue weighted by molar-refractivity contribution is 5.95. The highest BCUT2D eigenvalue weighted by Gasteiger charge is 2.35. The second-order valence-corrected chi connectivity index (χ2v) is 7.83. The van der Waals surface area contributed by atoms with Crippen molar-refractivity contribution in [3.8, 4) is 0 Å². The van der Waals surface area contributed by atoms with Crippen LogP contribution in [0.2, 0.25) is 0 Å². The van der Waals surface area contributed by atoms with E-state index in [9.17, 15) is 19.2 Å². The van der Waals surface area contributed by atoms with Crippen LogP contribution >= 0.6 is 0 Å². The average molecular weight is 415 g/mol. The Balaban J connectivity index is 2.02. The van der Waals surface area contributed by atoms with Crippen LogP contribution in [0.1, 0.15) is 32.3 Å². The first-order valence-corrected chi connectivity index (χ1v) is 10.2. The minimum absolute atomic E-state index is 0.0851. The standard InChI is InChI=1S/C22H30N4O4/c1-15(2)14-26(18(21(23)29)12-17-10-11-24-22(17)30)20(28)13-25-19(27)9-8-16-6-4-3-5-7-16/h3-9,15,17-18H,10-14H2,1-2H3,(H2,23,29)(H,24,30)(H,25,27)/b9-8+/t17-,18-/m0/s1. The maximum atomic E-state index is 12.8. The number of carbonyl (C=O) groups is 4. The number of amides is 4. The fraction of sp³-hybridized carbons (Fsp3) is 0.455. The Morgan fingerprint density at radius 2 is 1.97 bits per heavy atom. The number of rotatable bonds is 10. The Morgan fingerprint density at radius 1 is 1.27 bits per heavy atom. The molecule has 1 saturated heterocycles. The molecule has 30 heavy (non-hydrogen) atoms. The lowest BCUT2D eigenvalue weighted by Crippen LogP contribution is -2.53. The van der Waals surface area contributed by atoms with Crippen molar-refractivity contribution in [1.82, 2.24) is 15.5 Å². The Kier molecular flexibility index (Phi) is 8.58. The van der Waals surface area contributed by atoms with Gasteiger partial charge >= 0.3 is 0 Å². The van der Waals surface area contributed by atoms with E-state index in [0.717, 1.165) is 5.56 Å². The van der Waals surface area contributed by atoms with Crippen LogP contribution in [0.15, 0.2) is 36.4 Å². The molecule has 4 amide bonds. The monoisotopic (exact) mass is 414 g/mol. The largest absolute Gasteiger partial charge is 0.368 e. The first kappa shape index (κ1) is 23.1. The highest BCUT2D eigenvalue weighted by atomic mass is 16.2. The smallest absolute Gasteiger partial charge is 0.244 e. The average Bonchev–Trinajstić information content (AvgIpc) is 3.12. The van der Waals surface area contributed by atoms with Crippen molar-refractivity contribution in [2.75, 3.05) is 19.6 Å². The van der Waals surface area contributed by atoms with Crippen LogP contribution in [0.4, 0.5) is 0 Å². The van der Waals surface area contributed by atoms with Crippen molar-refractivity contribution in [3.05, 3.63) is 42.0 Å². The number of nitrogens with zero attached hydrogens (tertiary/aromatic N) is 1. The van der Waals surface area contributed by atoms with Gasteiger partial charge in [-0.1, -0.05) is 44.2 Å². The SMILES string of the molecule is CC(C)CN(C(=O)CNC(=O)/C=C/c1ccccc1)[C@@H](C[C@@H]1CCNC1=O)C(N)=O. The van der Waals surface area contributed by atoms with Crippen LogP contribution in [0.3, 0.4) is 0 Å². The molecule has 1 aromatic rings. The Bertz CT molecular complexity index is 792. The highest BCUT2D eigenvalue weighted by Crippen LogP contribution is 2.20. The van der Waals surface area contributed by atoms with E-state index in [-0.39, 0.29) is 30.7 Å². The number of hydrogen-bond acceptors (Lipinski definition) is 4. The number of nitrogens with two attached hydrogens (primary N) is 1. The topological polar surface area (TPSA) is 122 Å². The van der Waals surface area contributed by atoms with E-state index in [1.165, 1.54) is 11.0 Å². The molecular formula is C22H30N4O4. The second-order valence-electron chi connectivity index (χ2n) is 7.83. The predicted molar refractivity (Wildman–Crippen MR) is 114 cm³/mol. The molecule has 1 aliphatic heterocycles. The second kappa shape index (κ2) is 11.1. The fourth-order valence-electron chi connectivity index (χ4n) is 3.39. The van der Waals surface area contributed by atoms with Gasteiger partial charge in [-0.15, -0.1) is 0 Å². The maximum absolute atomic E-state index is 12.8. The van der Waals surface area contributed by atoms with Crippen molar-refractivity contribution < 1.29 is 19.2 Å². The number of benzene rings is 1. The summed E-state index contributed by atoms with van der Waals surface area (Å²) in [5.74, 6) is -1.87. The molecule has 0 aliphatic carbocycles. The molecule has 2 rings (SSSR count). The summed E-state index contributed by atoms with van der Waals surface area (Å²) in [6.07, 6.45) is 3.79. The Labute approximate surface area is 176 Å². The minimum Gasteiger partial charge on any atom is -0.368 e. The third-order valence-corrected chi connectivity index (χ3v) is 4.90. The van der Waals surface area contributed by atoms with Crippen molar-refractivity contribution in [2.45, 2.75) is 32.7 Å². The van der Waals surface area contributed by atoms with Crippen molar-refractivity contribution in [3.63, 3.8) is 0 Å². The van der Waals surface area contributed by atoms with Crippen molar-refractivity contribution in [1.29, 1.82) is 0 Å². The molecule has 1 aliphatic rings. The Morgan fingerprint density at radius 3 is 2.53 bits per heavy atom. The quantitative estimate of drug-likeness (QED) is 0.487. The van der Waals surface area contributed by atoms with Crippen LogP contribution in [-0.4, -0.2) is 54.2 Å². The summed E-state index contributed by atoms with van der Waals surface area (Å²) < 4.78 is 0. The van der Waals surface area contributed by atoms with Gasteiger partial charge in [0, 0.05) is 25.1 Å². The Hall–Kier alpha value is -3.16. The molecule has 162 valence electrons. The molecule has 2 atom stereocenters. The first-order chi connectivity index (χ1) is 14.3. The fourth-order valence-corrected chi connectivity index (χ4v) is 3.39. The van der Waals surface area contributed by atoms with Crippen LogP contribution in [-0.2, 0) is 19.2 Å². The first-order valence-electron chi connectivity index (χ1n) is 10.2. The normalized spacial score (nSPS) is 17.0. The lowest BCUT2D eigenvalue weighted by atomic mass is 9.96. The maximum Gasteiger partial charge on any atom is 0.244 e. The molecule has 0 saturated carbocycles. The van der Waals surface area contributed by atoms with E-state index in [0.29, 0.717) is 19.5 Å². The lowest BCUT2D eigenvalue weighted by molar-refractivity contribution is -0.141. The van der Waals surface area contributed by atoms with E-state index < -0.39 is 23.8 Å². The van der Waals surface area contributed by atoms with Gasteiger partial charge in [-0.05, 0) is 30.4 Å². The van der Waals surface area contributed by atoms with Gasteiger partial charge in [-0.3, -0.25) is 19.2 Å². The summed E-state index contributed by atoms with van der Waals surface area (Å²) in [7, 11) is 0. The summed E-state index contributed by atoms with van der Waals surface area (Å²) in [6.45, 7) is 4.43. The van der Waals surface area contributed by atoms with Crippen molar-refractivity contribution in [2.24, 2.45) is 17.6 Å². The predicted octanol–water partition coefficient (Wildman–Crippen LogP) is 0.681. The summed E-state index contributed by atoms with van der Waals surface area (Å²) in [5.41, 5.74) is 6.44. The van der Waals surface area contributed by atoms with E-state index in [1.54, 1.807) is 6.08 Å². The molecule has 8 nitrogen and oxygen atoms in total. The van der Waals surface area contributed by atoms with Gasteiger partial charge in [0.15, 0.2) is 0 Å². The minimum atomic E-state index is -0.898. The molecule has 8 heteroatoms. The molecule has 1 fully saturated rings. The number of primary amides is 1. The van der Waals surface area contributed by atoms with Crippen LogP contribution in [0.5, 0.6) is 0 Å². The summed E-state index contributed by atoms with van der Waals surface area (Å²) in [4.78, 5) is 50.3. The van der Waals surface area contributed by atoms with Gasteiger partial charge in [-0.25, -0.2) is 0 Å². The summed E-state index contributed by atoms with van der Waals surface area (Å²) in [5, 5.41) is 5.29. The molecule has 0 unspecified atom stereocenters. The molecule has 0 bridgehead atoms. The lowest BCUT2D eigenvalue weighted by Gasteiger charge is -2.32. The molecule has 1 heterocycles. The zero-order valence-corrected chi connectivity index (χ0v) is 17.5. The number of nitrogens with one attached hydrogen (secondary N) is 2. The molecule has 0 spiro atoms. The van der Waals surface area contributed by atoms with Gasteiger partial charge < -0.3 is 21.3 Å². The van der Waals surface area contributed by atoms with Crippen molar-refractivity contribution >= 4 is 29.7 Å². The van der Waals surface area contributed by atoms with Gasteiger partial charge in [-0.2, -0.15) is 0 Å². The van der Waals surface area contributed by atoms with E-state index in [2.05, 4.69) is 10.6 Å². The zero-order valence-electron chi connectivity index (χ0n) is 17.5. The third kappa shape index (κ3) is 7.02. The van der Waals surface area contributed by atoms with Gasteiger partial charge in [0.05, 0.1) is 6.54 Å². The zero-order chi connectivity index (χ0) is 22.1. The third-order valence-electron chi connectivity index (χ3n) is 4.90. The van der Waals surface area contributed by atoms with Gasteiger partial charge in [0.2, 0.25) is 23.6 Å². The van der Waals surface area contributed by atoms with E-state index in [1.807, 2.05) is 44.2 Å². The van der Waals surface area contributed by atoms with Crippen LogP contribution in [0, 0.1) is 11.8 Å². The summed E-state index contributed by atoms with van der Waals surface area (Å²) >= 11 is 0. The number of carbonyl (C=O) groups excluding carboxylic acids is 4. The van der Waals surface area contributed by atoms with E-state index >= 15 is 0 Å². The van der Waals surface area contributed by atoms with Gasteiger partial charge in [0.25, 0.3) is 0 Å². The molecule has 4 N–H and O–H groups in total. The van der Waals surface area contributed by atoms with Gasteiger partial charge in [0.1, 0.15) is 6.04 Å².